The molecule has 0 fully saturated rings. The largest absolute Gasteiger partial charge is 0.494 e. The molecule has 0 aliphatic heterocycles. The molecule has 0 aliphatic rings. The van der Waals surface area contributed by atoms with Gasteiger partial charge in [0.05, 0.1) is 23.1 Å². The molecule has 0 radical (unpaired) electrons. The van der Waals surface area contributed by atoms with Crippen molar-refractivity contribution in [2.45, 2.75) is 4.90 Å². The van der Waals surface area contributed by atoms with Crippen LogP contribution in [0.3, 0.4) is 0 Å². The summed E-state index contributed by atoms with van der Waals surface area (Å²) in [6.07, 6.45) is 1.00. The molecule has 2 aromatic carbocycles. The van der Waals surface area contributed by atoms with Gasteiger partial charge in [-0.05, 0) is 18.2 Å². The van der Waals surface area contributed by atoms with Crippen LogP contribution in [0.4, 0.5) is 17.6 Å². The molecule has 1 heterocycles. The van der Waals surface area contributed by atoms with Gasteiger partial charge in [-0.15, -0.1) is 0 Å². The van der Waals surface area contributed by atoms with Gasteiger partial charge in [0, 0.05) is 18.3 Å². The zero-order valence-corrected chi connectivity index (χ0v) is 14.9. The molecule has 0 amide bonds. The smallest absolute Gasteiger partial charge is 0.268 e. The van der Waals surface area contributed by atoms with Gasteiger partial charge in [0.25, 0.3) is 10.0 Å². The van der Waals surface area contributed by atoms with Gasteiger partial charge >= 0.3 is 0 Å². The van der Waals surface area contributed by atoms with Crippen molar-refractivity contribution in [2.75, 3.05) is 7.11 Å². The lowest BCUT2D eigenvalue weighted by Crippen LogP contribution is -2.14. The van der Waals surface area contributed by atoms with Crippen LogP contribution < -0.4 is 4.74 Å². The number of hydrogen-bond acceptors (Lipinski definition) is 4. The van der Waals surface area contributed by atoms with E-state index in [2.05, 4.69) is 0 Å². The normalized spacial score (nSPS) is 11.5. The van der Waals surface area contributed by atoms with E-state index in [1.807, 2.05) is 0 Å². The van der Waals surface area contributed by atoms with E-state index in [4.69, 9.17) is 4.74 Å². The highest BCUT2D eigenvalue weighted by Crippen LogP contribution is 2.39. The second kappa shape index (κ2) is 7.12. The van der Waals surface area contributed by atoms with Crippen LogP contribution in [0, 0.1) is 23.3 Å². The first kappa shape index (κ1) is 19.6. The lowest BCUT2D eigenvalue weighted by Gasteiger charge is -2.13. The highest BCUT2D eigenvalue weighted by atomic mass is 32.2. The van der Waals surface area contributed by atoms with Crippen LogP contribution in [0.1, 0.15) is 10.4 Å². The molecule has 0 saturated carbocycles. The minimum atomic E-state index is -4.60. The van der Waals surface area contributed by atoms with Crippen LogP contribution in [0.5, 0.6) is 5.75 Å². The van der Waals surface area contributed by atoms with Crippen LogP contribution in [0.2, 0.25) is 0 Å². The maximum Gasteiger partial charge on any atom is 0.268 e. The van der Waals surface area contributed by atoms with Gasteiger partial charge < -0.3 is 4.74 Å². The molecule has 146 valence electrons. The fraction of sp³-hybridized carbons (Fsp3) is 0.0556. The predicted octanol–water partition coefficient (Wildman–Crippen LogP) is 3.77. The van der Waals surface area contributed by atoms with E-state index in [-0.39, 0.29) is 11.8 Å². The summed E-state index contributed by atoms with van der Waals surface area (Å²) in [5.41, 5.74) is -1.93. The van der Waals surface area contributed by atoms with E-state index in [1.54, 1.807) is 0 Å². The van der Waals surface area contributed by atoms with Crippen molar-refractivity contribution in [2.24, 2.45) is 0 Å². The second-order valence-electron chi connectivity index (χ2n) is 5.59. The Hall–Kier alpha value is -3.14. The summed E-state index contributed by atoms with van der Waals surface area (Å²) in [7, 11) is -3.54. The zero-order valence-electron chi connectivity index (χ0n) is 14.1. The molecule has 10 heteroatoms. The fourth-order valence-electron chi connectivity index (χ4n) is 2.71. The van der Waals surface area contributed by atoms with E-state index in [1.165, 1.54) is 0 Å². The fourth-order valence-corrected chi connectivity index (χ4v) is 4.11. The van der Waals surface area contributed by atoms with E-state index < -0.39 is 55.2 Å². The first-order valence-electron chi connectivity index (χ1n) is 7.61. The topological polar surface area (TPSA) is 65.4 Å². The number of carbonyl (C=O) groups is 1. The third-order valence-corrected chi connectivity index (χ3v) is 5.54. The molecule has 0 aliphatic carbocycles. The van der Waals surface area contributed by atoms with Crippen molar-refractivity contribution >= 4 is 16.3 Å². The Morgan fingerprint density at radius 3 is 2.18 bits per heavy atom. The van der Waals surface area contributed by atoms with E-state index in [9.17, 15) is 30.8 Å². The lowest BCUT2D eigenvalue weighted by atomic mass is 10.1. The molecule has 3 aromatic rings. The number of rotatable bonds is 5. The first-order chi connectivity index (χ1) is 13.2. The van der Waals surface area contributed by atoms with Crippen LogP contribution in [-0.4, -0.2) is 25.8 Å². The molecule has 0 unspecified atom stereocenters. The Balaban J connectivity index is 2.42. The summed E-state index contributed by atoms with van der Waals surface area (Å²) in [5.74, 6) is -5.36. The summed E-state index contributed by atoms with van der Waals surface area (Å²) < 4.78 is 86.9. The number of aldehydes is 1. The van der Waals surface area contributed by atoms with Gasteiger partial charge in [0.2, 0.25) is 0 Å². The van der Waals surface area contributed by atoms with Crippen LogP contribution >= 0.6 is 0 Å². The third-order valence-electron chi connectivity index (χ3n) is 3.88. The van der Waals surface area contributed by atoms with Gasteiger partial charge in [-0.1, -0.05) is 6.07 Å². The number of benzene rings is 2. The Morgan fingerprint density at radius 2 is 1.64 bits per heavy atom. The number of methoxy groups -OCH3 is 1. The van der Waals surface area contributed by atoms with E-state index >= 15 is 0 Å². The quantitative estimate of drug-likeness (QED) is 0.472. The van der Waals surface area contributed by atoms with Crippen molar-refractivity contribution < 1.29 is 35.5 Å². The molecule has 0 spiro atoms. The van der Waals surface area contributed by atoms with Crippen molar-refractivity contribution in [3.05, 3.63) is 71.4 Å². The number of carbonyl (C=O) groups excluding carboxylic acids is 1. The number of hydrogen-bond donors (Lipinski definition) is 0. The molecule has 5 nitrogen and oxygen atoms in total. The van der Waals surface area contributed by atoms with Crippen LogP contribution in [0.25, 0.3) is 11.3 Å². The average Bonchev–Trinajstić information content (AvgIpc) is 3.00. The summed E-state index contributed by atoms with van der Waals surface area (Å²) in [5, 5.41) is 0. The number of halogens is 4. The molecule has 28 heavy (non-hydrogen) atoms. The van der Waals surface area contributed by atoms with Crippen LogP contribution in [-0.2, 0) is 10.0 Å². The number of nitrogens with zero attached hydrogens (tertiary/aromatic N) is 1. The maximum atomic E-state index is 14.4. The van der Waals surface area contributed by atoms with Gasteiger partial charge in [-0.2, -0.15) is 0 Å². The Kier molecular flexibility index (Phi) is 4.99. The molecule has 0 N–H and O–H groups in total. The summed E-state index contributed by atoms with van der Waals surface area (Å²) in [6, 6.07) is 4.60. The minimum absolute atomic E-state index is 0.221. The Labute approximate surface area is 156 Å². The van der Waals surface area contributed by atoms with Crippen molar-refractivity contribution in [3.8, 4) is 17.0 Å². The van der Waals surface area contributed by atoms with Crippen molar-refractivity contribution in [1.29, 1.82) is 0 Å². The molecule has 0 saturated heterocycles. The average molecular weight is 413 g/mol. The van der Waals surface area contributed by atoms with Crippen molar-refractivity contribution in [1.82, 2.24) is 3.97 Å². The first-order valence-corrected chi connectivity index (χ1v) is 9.05. The van der Waals surface area contributed by atoms with E-state index in [0.717, 1.165) is 31.5 Å². The van der Waals surface area contributed by atoms with E-state index in [0.29, 0.717) is 22.2 Å². The minimum Gasteiger partial charge on any atom is -0.494 e. The van der Waals surface area contributed by atoms with Crippen molar-refractivity contribution in [3.63, 3.8) is 0 Å². The highest BCUT2D eigenvalue weighted by molar-refractivity contribution is 7.90. The molecule has 0 atom stereocenters. The molecule has 0 bridgehead atoms. The molecule has 1 aromatic heterocycles. The number of aromatic nitrogens is 1. The highest BCUT2D eigenvalue weighted by Gasteiger charge is 2.31. The van der Waals surface area contributed by atoms with Gasteiger partial charge in [-0.25, -0.2) is 30.0 Å². The monoisotopic (exact) mass is 413 g/mol. The number of ether oxygens (including phenoxy) is 1. The SMILES string of the molecule is COc1c(C=O)cn(S(=O)(=O)c2cccc(F)c2)c1-c1c(F)cc(F)cc1F. The lowest BCUT2D eigenvalue weighted by molar-refractivity contribution is 0.112. The van der Waals surface area contributed by atoms with Gasteiger partial charge in [-0.3, -0.25) is 4.79 Å². The standard InChI is InChI=1S/C18H11F4NO4S/c1-27-18-10(9-24)8-23(28(25,26)13-4-2-3-11(19)5-13)17(18)16-14(21)6-12(20)7-15(16)22/h2-9H,1H3. The molecular formula is C18H11F4NO4S. The zero-order chi connectivity index (χ0) is 20.6. The van der Waals surface area contributed by atoms with Gasteiger partial charge in [0.15, 0.2) is 12.0 Å². The summed E-state index contributed by atoms with van der Waals surface area (Å²) in [6.45, 7) is 0. The Morgan fingerprint density at radius 1 is 1.00 bits per heavy atom. The summed E-state index contributed by atoms with van der Waals surface area (Å²) >= 11 is 0. The molecular weight excluding hydrogens is 402 g/mol. The van der Waals surface area contributed by atoms with Gasteiger partial charge in [0.1, 0.15) is 29.0 Å². The predicted molar refractivity (Wildman–Crippen MR) is 90.7 cm³/mol. The summed E-state index contributed by atoms with van der Waals surface area (Å²) in [4.78, 5) is 10.8. The third kappa shape index (κ3) is 3.15. The van der Waals surface area contributed by atoms with Crippen LogP contribution in [0.15, 0.2) is 47.5 Å². The second-order valence-corrected chi connectivity index (χ2v) is 7.40. The Bertz CT molecular complexity index is 1170. The maximum absolute atomic E-state index is 14.4. The molecule has 3 rings (SSSR count).